The van der Waals surface area contributed by atoms with E-state index in [-0.39, 0.29) is 5.75 Å². The van der Waals surface area contributed by atoms with Crippen LogP contribution in [0.3, 0.4) is 0 Å². The van der Waals surface area contributed by atoms with E-state index in [9.17, 15) is 5.11 Å². The Balaban J connectivity index is 1.52. The van der Waals surface area contributed by atoms with Gasteiger partial charge in [-0.25, -0.2) is 0 Å². The van der Waals surface area contributed by atoms with Crippen LogP contribution in [-0.2, 0) is 4.74 Å². The monoisotopic (exact) mass is 401 g/mol. The SMILES string of the molecule is C/C(=C\C=C(\Nc1ccc(N2CCOCC2)cc1)C1=NC=CC1)c1ccc(O)cc1. The van der Waals surface area contributed by atoms with E-state index in [1.54, 1.807) is 12.1 Å². The Labute approximate surface area is 177 Å². The molecule has 2 aromatic carbocycles. The molecule has 2 heterocycles. The van der Waals surface area contributed by atoms with E-state index in [0.717, 1.165) is 61.0 Å². The third-order valence-corrected chi connectivity index (χ3v) is 5.30. The van der Waals surface area contributed by atoms with Crippen molar-refractivity contribution in [2.75, 3.05) is 36.5 Å². The minimum absolute atomic E-state index is 0.274. The maximum absolute atomic E-state index is 9.49. The van der Waals surface area contributed by atoms with Crippen LogP contribution in [0.25, 0.3) is 5.57 Å². The molecule has 2 aromatic rings. The predicted octanol–water partition coefficient (Wildman–Crippen LogP) is 4.99. The first-order chi connectivity index (χ1) is 14.7. The molecule has 5 heteroatoms. The topological polar surface area (TPSA) is 57.1 Å². The molecule has 0 aliphatic carbocycles. The third-order valence-electron chi connectivity index (χ3n) is 5.30. The maximum atomic E-state index is 9.49. The lowest BCUT2D eigenvalue weighted by Crippen LogP contribution is -2.36. The minimum atomic E-state index is 0.274. The molecule has 0 spiro atoms. The third kappa shape index (κ3) is 4.99. The number of nitrogens with zero attached hydrogens (tertiary/aromatic N) is 2. The first-order valence-corrected chi connectivity index (χ1v) is 10.3. The molecule has 0 radical (unpaired) electrons. The number of phenolic OH excluding ortho intramolecular Hbond substituents is 1. The summed E-state index contributed by atoms with van der Waals surface area (Å²) in [6, 6.07) is 15.8. The minimum Gasteiger partial charge on any atom is -0.508 e. The smallest absolute Gasteiger partial charge is 0.115 e. The lowest BCUT2D eigenvalue weighted by Gasteiger charge is -2.29. The van der Waals surface area contributed by atoms with Gasteiger partial charge in [-0.2, -0.15) is 0 Å². The molecule has 154 valence electrons. The van der Waals surface area contributed by atoms with Crippen molar-refractivity contribution in [1.82, 2.24) is 0 Å². The van der Waals surface area contributed by atoms with Crippen LogP contribution in [0.4, 0.5) is 11.4 Å². The summed E-state index contributed by atoms with van der Waals surface area (Å²) < 4.78 is 5.44. The summed E-state index contributed by atoms with van der Waals surface area (Å²) in [5, 5.41) is 13.0. The molecule has 2 N–H and O–H groups in total. The van der Waals surface area contributed by atoms with Crippen LogP contribution < -0.4 is 10.2 Å². The van der Waals surface area contributed by atoms with E-state index in [2.05, 4.69) is 64.6 Å². The number of aromatic hydroxyl groups is 1. The number of hydrogen-bond acceptors (Lipinski definition) is 5. The van der Waals surface area contributed by atoms with Gasteiger partial charge in [0.15, 0.2) is 0 Å². The molecule has 0 unspecified atom stereocenters. The molecule has 1 saturated heterocycles. The van der Waals surface area contributed by atoms with Crippen molar-refractivity contribution < 1.29 is 9.84 Å². The molecule has 0 saturated carbocycles. The molecule has 1 fully saturated rings. The van der Waals surface area contributed by atoms with Gasteiger partial charge in [-0.05, 0) is 60.5 Å². The summed E-state index contributed by atoms with van der Waals surface area (Å²) in [6.07, 6.45) is 8.88. The van der Waals surface area contributed by atoms with Crippen molar-refractivity contribution in [1.29, 1.82) is 0 Å². The number of phenols is 1. The van der Waals surface area contributed by atoms with Gasteiger partial charge >= 0.3 is 0 Å². The summed E-state index contributed by atoms with van der Waals surface area (Å²) in [5.41, 5.74) is 6.44. The number of morpholine rings is 1. The normalized spacial score (nSPS) is 17.2. The summed E-state index contributed by atoms with van der Waals surface area (Å²) in [6.45, 7) is 5.49. The van der Waals surface area contributed by atoms with Crippen LogP contribution in [-0.4, -0.2) is 37.1 Å². The fourth-order valence-corrected chi connectivity index (χ4v) is 3.51. The van der Waals surface area contributed by atoms with Crippen molar-refractivity contribution in [3.63, 3.8) is 0 Å². The number of aliphatic imine (C=N–C) groups is 1. The van der Waals surface area contributed by atoms with Gasteiger partial charge in [0.05, 0.1) is 24.6 Å². The van der Waals surface area contributed by atoms with Crippen LogP contribution in [0.5, 0.6) is 5.75 Å². The number of benzene rings is 2. The van der Waals surface area contributed by atoms with E-state index in [1.165, 1.54) is 5.69 Å². The quantitative estimate of drug-likeness (QED) is 0.670. The van der Waals surface area contributed by atoms with Gasteiger partial charge in [0.2, 0.25) is 0 Å². The summed E-state index contributed by atoms with van der Waals surface area (Å²) in [5.74, 6) is 0.274. The van der Waals surface area contributed by atoms with Crippen molar-refractivity contribution in [2.45, 2.75) is 13.3 Å². The van der Waals surface area contributed by atoms with Crippen LogP contribution in [0.15, 0.2) is 83.6 Å². The Hall–Kier alpha value is -3.31. The molecular weight excluding hydrogens is 374 g/mol. The fraction of sp³-hybridized carbons (Fsp3) is 0.240. The zero-order valence-electron chi connectivity index (χ0n) is 17.2. The van der Waals surface area contributed by atoms with Gasteiger partial charge in [0.25, 0.3) is 0 Å². The largest absolute Gasteiger partial charge is 0.508 e. The molecule has 0 aromatic heterocycles. The fourth-order valence-electron chi connectivity index (χ4n) is 3.51. The second kappa shape index (κ2) is 9.46. The van der Waals surface area contributed by atoms with Crippen LogP contribution >= 0.6 is 0 Å². The molecule has 4 rings (SSSR count). The number of ether oxygens (including phenoxy) is 1. The predicted molar refractivity (Wildman–Crippen MR) is 124 cm³/mol. The van der Waals surface area contributed by atoms with E-state index in [4.69, 9.17) is 4.74 Å². The maximum Gasteiger partial charge on any atom is 0.115 e. The van der Waals surface area contributed by atoms with E-state index in [1.807, 2.05) is 18.3 Å². The summed E-state index contributed by atoms with van der Waals surface area (Å²) >= 11 is 0. The number of rotatable bonds is 6. The average molecular weight is 402 g/mol. The van der Waals surface area contributed by atoms with E-state index in [0.29, 0.717) is 0 Å². The lowest BCUT2D eigenvalue weighted by molar-refractivity contribution is 0.122. The van der Waals surface area contributed by atoms with Crippen molar-refractivity contribution in [3.8, 4) is 5.75 Å². The average Bonchev–Trinajstić information content (AvgIpc) is 3.33. The van der Waals surface area contributed by atoms with Crippen molar-refractivity contribution >= 4 is 22.7 Å². The second-order valence-electron chi connectivity index (χ2n) is 7.41. The molecule has 0 amide bonds. The lowest BCUT2D eigenvalue weighted by atomic mass is 10.1. The van der Waals surface area contributed by atoms with Crippen molar-refractivity contribution in [2.24, 2.45) is 4.99 Å². The number of nitrogens with one attached hydrogen (secondary N) is 1. The second-order valence-corrected chi connectivity index (χ2v) is 7.41. The molecular formula is C25H27N3O2. The van der Waals surface area contributed by atoms with Crippen LogP contribution in [0, 0.1) is 0 Å². The van der Waals surface area contributed by atoms with Gasteiger partial charge in [-0.1, -0.05) is 24.3 Å². The zero-order chi connectivity index (χ0) is 20.8. The first kappa shape index (κ1) is 20.0. The molecule has 2 aliphatic heterocycles. The van der Waals surface area contributed by atoms with Crippen LogP contribution in [0.1, 0.15) is 18.9 Å². The Kier molecular flexibility index (Phi) is 6.30. The molecule has 0 bridgehead atoms. The van der Waals surface area contributed by atoms with Gasteiger partial charge in [0, 0.05) is 37.1 Å². The Bertz CT molecular complexity index is 980. The van der Waals surface area contributed by atoms with E-state index >= 15 is 0 Å². The Morgan fingerprint density at radius 1 is 1.03 bits per heavy atom. The highest BCUT2D eigenvalue weighted by molar-refractivity contribution is 6.05. The molecule has 30 heavy (non-hydrogen) atoms. The molecule has 0 atom stereocenters. The van der Waals surface area contributed by atoms with Crippen molar-refractivity contribution in [3.05, 3.63) is 84.2 Å². The Morgan fingerprint density at radius 3 is 2.43 bits per heavy atom. The number of anilines is 2. The van der Waals surface area contributed by atoms with Gasteiger partial charge in [-0.3, -0.25) is 4.99 Å². The van der Waals surface area contributed by atoms with Crippen LogP contribution in [0.2, 0.25) is 0 Å². The highest BCUT2D eigenvalue weighted by Crippen LogP contribution is 2.22. The molecule has 5 nitrogen and oxygen atoms in total. The highest BCUT2D eigenvalue weighted by Gasteiger charge is 2.12. The van der Waals surface area contributed by atoms with Gasteiger partial charge in [0.1, 0.15) is 5.75 Å². The summed E-state index contributed by atoms with van der Waals surface area (Å²) in [7, 11) is 0. The van der Waals surface area contributed by atoms with Gasteiger partial charge in [-0.15, -0.1) is 0 Å². The highest BCUT2D eigenvalue weighted by atomic mass is 16.5. The first-order valence-electron chi connectivity index (χ1n) is 10.3. The summed E-state index contributed by atoms with van der Waals surface area (Å²) in [4.78, 5) is 6.85. The molecule has 2 aliphatic rings. The van der Waals surface area contributed by atoms with Gasteiger partial charge < -0.3 is 20.1 Å². The Morgan fingerprint density at radius 2 is 1.77 bits per heavy atom. The van der Waals surface area contributed by atoms with E-state index < -0.39 is 0 Å². The standard InChI is InChI=1S/C25H27N3O2/c1-19(20-5-11-23(29)12-6-20)4-13-25(24-3-2-14-26-24)27-21-7-9-22(10-8-21)28-15-17-30-18-16-28/h2,4-14,27,29H,3,15-18H2,1H3/b19-4+,25-13+. The number of allylic oxidation sites excluding steroid dienone is 5. The zero-order valence-corrected chi connectivity index (χ0v) is 17.2. The number of hydrogen-bond donors (Lipinski definition) is 2.